The Morgan fingerprint density at radius 2 is 1.05 bits per heavy atom. The molecule has 8 rings (SSSR count). The summed E-state index contributed by atoms with van der Waals surface area (Å²) in [5, 5.41) is 10.8. The fourth-order valence-corrected chi connectivity index (χ4v) is 6.15. The third-order valence-electron chi connectivity index (χ3n) is 7.21. The maximum absolute atomic E-state index is 2.99. The molecule has 0 bridgehead atoms. The van der Waals surface area contributed by atoms with Crippen LogP contribution >= 0.6 is 0 Å². The first-order valence-electron chi connectivity index (χ1n) is 13.6. The van der Waals surface area contributed by atoms with E-state index in [1.165, 1.54) is 81.7 Å². The first kappa shape index (κ1) is 26.2. The van der Waals surface area contributed by atoms with Crippen molar-refractivity contribution in [3.05, 3.63) is 175 Å². The minimum atomic E-state index is 1.01. The van der Waals surface area contributed by atoms with E-state index >= 15 is 0 Å². The zero-order chi connectivity index (χ0) is 27.1. The maximum Gasteiger partial charge on any atom is -0.0255 e. The number of allylic oxidation sites excluding steroid dienone is 4. The van der Waals surface area contributed by atoms with Gasteiger partial charge in [-0.15, -0.1) is 40.1 Å². The Morgan fingerprint density at radius 3 is 1.60 bits per heavy atom. The average Bonchev–Trinajstić information content (AvgIpc) is 3.75. The van der Waals surface area contributed by atoms with Gasteiger partial charge in [0.25, 0.3) is 0 Å². The molecule has 0 nitrogen and oxygen atoms in total. The summed E-state index contributed by atoms with van der Waals surface area (Å²) in [7, 11) is 0. The molecule has 0 aliphatic heterocycles. The Morgan fingerprint density at radius 1 is 0.550 bits per heavy atom. The van der Waals surface area contributed by atoms with Gasteiger partial charge in [-0.25, -0.2) is 12.2 Å². The van der Waals surface area contributed by atoms with E-state index < -0.39 is 0 Å². The van der Waals surface area contributed by atoms with Gasteiger partial charge in [0.1, 0.15) is 0 Å². The molecule has 0 unspecified atom stereocenters. The van der Waals surface area contributed by atoms with E-state index in [-0.39, 0.29) is 0 Å². The third kappa shape index (κ3) is 5.49. The first-order valence-corrected chi connectivity index (χ1v) is 14.8. The fraction of sp³-hybridized carbons (Fsp3) is 0.0256. The van der Waals surface area contributed by atoms with Gasteiger partial charge in [-0.3, -0.25) is 6.08 Å². The van der Waals surface area contributed by atoms with Crippen molar-refractivity contribution in [3.63, 3.8) is 0 Å². The smallest absolute Gasteiger partial charge is 0.0255 e. The molecule has 0 radical (unpaired) electrons. The van der Waals surface area contributed by atoms with Crippen LogP contribution < -0.4 is 0 Å². The molecule has 40 heavy (non-hydrogen) atoms. The Kier molecular flexibility index (Phi) is 8.13. The zero-order valence-electron chi connectivity index (χ0n) is 22.2. The van der Waals surface area contributed by atoms with Gasteiger partial charge in [0.05, 0.1) is 0 Å². The number of hydrogen-bond acceptors (Lipinski definition) is 0. The molecular weight excluding hydrogens is 560 g/mol. The normalized spacial score (nSPS) is 11.8. The van der Waals surface area contributed by atoms with Crippen LogP contribution in [0.3, 0.4) is 0 Å². The van der Waals surface area contributed by atoms with Crippen LogP contribution in [0, 0.1) is 6.08 Å². The van der Waals surface area contributed by atoms with Crippen LogP contribution in [-0.2, 0) is 24.2 Å². The largest absolute Gasteiger partial charge is 0.126 e. The minimum Gasteiger partial charge on any atom is -0.126 e. The van der Waals surface area contributed by atoms with Crippen LogP contribution in [0.2, 0.25) is 0 Å². The van der Waals surface area contributed by atoms with E-state index in [2.05, 4.69) is 152 Å². The topological polar surface area (TPSA) is 0 Å². The second-order valence-corrected chi connectivity index (χ2v) is 11.0. The van der Waals surface area contributed by atoms with Gasteiger partial charge in [0.2, 0.25) is 0 Å². The van der Waals surface area contributed by atoms with Crippen molar-refractivity contribution < 1.29 is 24.2 Å². The average molecular weight is 588 g/mol. The second kappa shape index (κ2) is 12.4. The van der Waals surface area contributed by atoms with Gasteiger partial charge in [0, 0.05) is 0 Å². The van der Waals surface area contributed by atoms with Crippen molar-refractivity contribution in [3.8, 4) is 0 Å². The summed E-state index contributed by atoms with van der Waals surface area (Å²) in [6, 6.07) is 49.6. The van der Waals surface area contributed by atoms with Crippen LogP contribution in [0.15, 0.2) is 158 Å². The molecule has 0 fully saturated rings. The quantitative estimate of drug-likeness (QED) is 0.139. The molecule has 0 spiro atoms. The molecule has 1 heteroatoms. The number of fused-ring (bicyclic) bond motifs is 8. The molecule has 0 amide bonds. The van der Waals surface area contributed by atoms with E-state index in [4.69, 9.17) is 0 Å². The SMILES string of the molecule is [C-]1=CC=CC1.[Zr+2]=[C](c1ccccc1)c1ccccc1.c1ccc2c(c1)[cH-]c1c3ccccc3c3ccccc3c21. The Balaban J connectivity index is 0.000000131. The monoisotopic (exact) mass is 586 g/mol. The number of hydrogen-bond donors (Lipinski definition) is 0. The summed E-state index contributed by atoms with van der Waals surface area (Å²) in [6.07, 6.45) is 10.0. The molecule has 0 saturated carbocycles. The van der Waals surface area contributed by atoms with Crippen LogP contribution in [0.25, 0.3) is 43.1 Å². The molecule has 0 N–H and O–H groups in total. The number of benzene rings is 6. The molecule has 7 aromatic rings. The summed E-state index contributed by atoms with van der Waals surface area (Å²) in [5.74, 6) is 0. The molecule has 1 aliphatic rings. The Bertz CT molecular complexity index is 1920. The van der Waals surface area contributed by atoms with Gasteiger partial charge in [-0.1, -0.05) is 77.5 Å². The molecule has 0 atom stereocenters. The van der Waals surface area contributed by atoms with Crippen molar-refractivity contribution in [2.75, 3.05) is 0 Å². The van der Waals surface area contributed by atoms with Crippen molar-refractivity contribution in [1.82, 2.24) is 0 Å². The van der Waals surface area contributed by atoms with Crippen LogP contribution in [0.4, 0.5) is 0 Å². The van der Waals surface area contributed by atoms with E-state index in [1.54, 1.807) is 0 Å². The molecule has 7 aromatic carbocycles. The standard InChI is InChI=1S/C21H13.C13H10.C5H5.Zr/c1-2-8-15-14(7-1)13-20-18-11-4-3-9-16(18)17-10-5-6-12-19(17)21(15)20;1-3-7-12(8-4-1)11-13-9-5-2-6-10-13;1-2-4-5-3-1;/h1-13H;1-10H;1-3H,4H2;/q-1;;-1;+2. The van der Waals surface area contributed by atoms with E-state index in [0.717, 1.165) is 6.42 Å². The van der Waals surface area contributed by atoms with E-state index in [1.807, 2.05) is 12.2 Å². The summed E-state index contributed by atoms with van der Waals surface area (Å²) in [4.78, 5) is 0. The number of rotatable bonds is 2. The first-order chi connectivity index (χ1) is 19.8. The molecule has 188 valence electrons. The minimum absolute atomic E-state index is 1.01. The summed E-state index contributed by atoms with van der Waals surface area (Å²) >= 11 is 1.46. The van der Waals surface area contributed by atoms with Gasteiger partial charge < -0.3 is 0 Å². The molecule has 0 heterocycles. The molecule has 0 aromatic heterocycles. The predicted molar refractivity (Wildman–Crippen MR) is 170 cm³/mol. The molecule has 1 aliphatic carbocycles. The van der Waals surface area contributed by atoms with E-state index in [0.29, 0.717) is 0 Å². The van der Waals surface area contributed by atoms with Gasteiger partial charge in [-0.05, 0) is 10.8 Å². The van der Waals surface area contributed by atoms with Gasteiger partial charge in [-0.2, -0.15) is 6.08 Å². The second-order valence-electron chi connectivity index (χ2n) is 9.72. The fourth-order valence-electron chi connectivity index (χ4n) is 5.33. The van der Waals surface area contributed by atoms with Crippen LogP contribution in [-0.4, -0.2) is 3.21 Å². The summed E-state index contributed by atoms with van der Waals surface area (Å²) < 4.78 is 1.42. The van der Waals surface area contributed by atoms with Gasteiger partial charge in [0.15, 0.2) is 0 Å². The van der Waals surface area contributed by atoms with Crippen LogP contribution in [0.5, 0.6) is 0 Å². The zero-order valence-corrected chi connectivity index (χ0v) is 24.7. The Hall–Kier alpha value is -4.06. The van der Waals surface area contributed by atoms with Crippen molar-refractivity contribution in [2.24, 2.45) is 0 Å². The van der Waals surface area contributed by atoms with Crippen molar-refractivity contribution in [2.45, 2.75) is 6.42 Å². The van der Waals surface area contributed by atoms with E-state index in [9.17, 15) is 0 Å². The maximum atomic E-state index is 2.99. The summed E-state index contributed by atoms with van der Waals surface area (Å²) in [5.41, 5.74) is 2.66. The summed E-state index contributed by atoms with van der Waals surface area (Å²) in [6.45, 7) is 0. The Labute approximate surface area is 250 Å². The predicted octanol–water partition coefficient (Wildman–Crippen LogP) is 10.1. The third-order valence-corrected chi connectivity index (χ3v) is 8.63. The van der Waals surface area contributed by atoms with Crippen molar-refractivity contribution in [1.29, 1.82) is 0 Å². The van der Waals surface area contributed by atoms with Crippen LogP contribution in [0.1, 0.15) is 17.5 Å². The molecular formula is C39H28Zr. The molecule has 0 saturated heterocycles. The van der Waals surface area contributed by atoms with Gasteiger partial charge >= 0.3 is 99.2 Å². The van der Waals surface area contributed by atoms with Crippen molar-refractivity contribution >= 4 is 46.3 Å².